The van der Waals surface area contributed by atoms with Crippen molar-refractivity contribution in [1.82, 2.24) is 14.5 Å². The van der Waals surface area contributed by atoms with E-state index in [1.807, 2.05) is 30.9 Å². The van der Waals surface area contributed by atoms with Crippen LogP contribution in [-0.4, -0.2) is 33.4 Å². The summed E-state index contributed by atoms with van der Waals surface area (Å²) in [5.74, 6) is 2.54. The van der Waals surface area contributed by atoms with Crippen LogP contribution in [0.3, 0.4) is 0 Å². The fraction of sp³-hybridized carbons (Fsp3) is 0.455. The van der Waals surface area contributed by atoms with Crippen LogP contribution in [0.4, 0.5) is 0 Å². The minimum atomic E-state index is 0.0249. The highest BCUT2D eigenvalue weighted by atomic mass is 16.4. The molecule has 142 valence electrons. The third kappa shape index (κ3) is 3.15. The van der Waals surface area contributed by atoms with E-state index in [0.717, 1.165) is 61.4 Å². The molecule has 1 aliphatic rings. The topological polar surface area (TPSA) is 51.3 Å². The predicted molar refractivity (Wildman–Crippen MR) is 106 cm³/mol. The zero-order valence-corrected chi connectivity index (χ0v) is 16.4. The van der Waals surface area contributed by atoms with Crippen LogP contribution in [-0.2, 0) is 12.8 Å². The highest BCUT2D eigenvalue weighted by Gasteiger charge is 2.29. The molecule has 1 saturated heterocycles. The van der Waals surface area contributed by atoms with Crippen LogP contribution in [0.25, 0.3) is 11.0 Å². The van der Waals surface area contributed by atoms with Gasteiger partial charge in [0.25, 0.3) is 5.91 Å². The van der Waals surface area contributed by atoms with Gasteiger partial charge in [0.05, 0.1) is 11.0 Å². The standard InChI is InChI=1S/C22H27N3O2/c1-4-17-14-15(3)21(27-17)22(26)24-12-10-16(11-13-24)25-19-9-7-6-8-18(19)23-20(25)5-2/h6-9,14,16H,4-5,10-13H2,1-3H3. The summed E-state index contributed by atoms with van der Waals surface area (Å²) in [6, 6.07) is 10.7. The van der Waals surface area contributed by atoms with Gasteiger partial charge in [-0.25, -0.2) is 4.98 Å². The zero-order chi connectivity index (χ0) is 19.0. The molecule has 0 unspecified atom stereocenters. The molecule has 3 aromatic rings. The Morgan fingerprint density at radius 3 is 2.59 bits per heavy atom. The second-order valence-electron chi connectivity index (χ2n) is 7.34. The van der Waals surface area contributed by atoms with Gasteiger partial charge in [0.15, 0.2) is 5.76 Å². The van der Waals surface area contributed by atoms with E-state index in [2.05, 4.69) is 29.7 Å². The maximum Gasteiger partial charge on any atom is 0.289 e. The first-order valence-electron chi connectivity index (χ1n) is 9.96. The molecule has 1 fully saturated rings. The number of carbonyl (C=O) groups excluding carboxylic acids is 1. The molecule has 5 nitrogen and oxygen atoms in total. The van der Waals surface area contributed by atoms with Crippen molar-refractivity contribution in [3.05, 3.63) is 53.2 Å². The van der Waals surface area contributed by atoms with Crippen molar-refractivity contribution >= 4 is 16.9 Å². The number of amides is 1. The van der Waals surface area contributed by atoms with Gasteiger partial charge in [0, 0.05) is 37.5 Å². The number of hydrogen-bond donors (Lipinski definition) is 0. The molecule has 2 aromatic heterocycles. The molecule has 0 atom stereocenters. The molecule has 27 heavy (non-hydrogen) atoms. The van der Waals surface area contributed by atoms with Crippen LogP contribution in [0.1, 0.15) is 60.4 Å². The Morgan fingerprint density at radius 2 is 1.93 bits per heavy atom. The maximum absolute atomic E-state index is 12.9. The molecule has 0 spiro atoms. The second-order valence-corrected chi connectivity index (χ2v) is 7.34. The van der Waals surface area contributed by atoms with Gasteiger partial charge in [-0.2, -0.15) is 0 Å². The Labute approximate surface area is 160 Å². The van der Waals surface area contributed by atoms with Crippen molar-refractivity contribution in [1.29, 1.82) is 0 Å². The van der Waals surface area contributed by atoms with Gasteiger partial charge in [-0.15, -0.1) is 0 Å². The number of imidazole rings is 1. The Morgan fingerprint density at radius 1 is 1.19 bits per heavy atom. The number of piperidine rings is 1. The molecule has 1 amide bonds. The maximum atomic E-state index is 12.9. The van der Waals surface area contributed by atoms with Crippen molar-refractivity contribution in [2.24, 2.45) is 0 Å². The minimum Gasteiger partial charge on any atom is -0.456 e. The highest BCUT2D eigenvalue weighted by molar-refractivity contribution is 5.93. The molecule has 3 heterocycles. The SMILES string of the molecule is CCc1cc(C)c(C(=O)N2CCC(n3c(CC)nc4ccccc43)CC2)o1. The first-order chi connectivity index (χ1) is 13.1. The third-order valence-corrected chi connectivity index (χ3v) is 5.61. The monoisotopic (exact) mass is 365 g/mol. The van der Waals surface area contributed by atoms with E-state index in [4.69, 9.17) is 9.40 Å². The van der Waals surface area contributed by atoms with Crippen LogP contribution >= 0.6 is 0 Å². The Balaban J connectivity index is 1.52. The minimum absolute atomic E-state index is 0.0249. The summed E-state index contributed by atoms with van der Waals surface area (Å²) in [5.41, 5.74) is 3.20. The van der Waals surface area contributed by atoms with Crippen molar-refractivity contribution in [2.75, 3.05) is 13.1 Å². The van der Waals surface area contributed by atoms with E-state index in [1.54, 1.807) is 0 Å². The summed E-state index contributed by atoms with van der Waals surface area (Å²) in [6.07, 6.45) is 3.61. The van der Waals surface area contributed by atoms with Crippen molar-refractivity contribution in [3.63, 3.8) is 0 Å². The smallest absolute Gasteiger partial charge is 0.289 e. The summed E-state index contributed by atoms with van der Waals surface area (Å²) in [4.78, 5) is 19.6. The molecule has 0 N–H and O–H groups in total. The first kappa shape index (κ1) is 17.8. The number of likely N-dealkylation sites (tertiary alicyclic amines) is 1. The van der Waals surface area contributed by atoms with Gasteiger partial charge >= 0.3 is 0 Å². The zero-order valence-electron chi connectivity index (χ0n) is 16.4. The summed E-state index contributed by atoms with van der Waals surface area (Å²) in [7, 11) is 0. The fourth-order valence-corrected chi connectivity index (χ4v) is 4.16. The van der Waals surface area contributed by atoms with E-state index in [9.17, 15) is 4.79 Å². The number of furan rings is 1. The average molecular weight is 365 g/mol. The first-order valence-corrected chi connectivity index (χ1v) is 9.96. The number of aromatic nitrogens is 2. The number of benzene rings is 1. The summed E-state index contributed by atoms with van der Waals surface area (Å²) >= 11 is 0. The average Bonchev–Trinajstić information content (AvgIpc) is 3.27. The van der Waals surface area contributed by atoms with Crippen LogP contribution in [0.15, 0.2) is 34.7 Å². The number of nitrogens with zero attached hydrogens (tertiary/aromatic N) is 3. The van der Waals surface area contributed by atoms with Gasteiger partial charge < -0.3 is 13.9 Å². The molecule has 1 aliphatic heterocycles. The lowest BCUT2D eigenvalue weighted by Crippen LogP contribution is -2.39. The van der Waals surface area contributed by atoms with E-state index in [-0.39, 0.29) is 5.91 Å². The molecule has 5 heteroatoms. The van der Waals surface area contributed by atoms with E-state index in [1.165, 1.54) is 5.52 Å². The fourth-order valence-electron chi connectivity index (χ4n) is 4.16. The van der Waals surface area contributed by atoms with Crippen LogP contribution in [0, 0.1) is 6.92 Å². The summed E-state index contributed by atoms with van der Waals surface area (Å²) < 4.78 is 8.16. The van der Waals surface area contributed by atoms with Crippen LogP contribution < -0.4 is 0 Å². The molecule has 0 bridgehead atoms. The lowest BCUT2D eigenvalue weighted by molar-refractivity contribution is 0.0660. The van der Waals surface area contributed by atoms with E-state index in [0.29, 0.717) is 11.8 Å². The van der Waals surface area contributed by atoms with Crippen LogP contribution in [0.2, 0.25) is 0 Å². The largest absolute Gasteiger partial charge is 0.456 e. The Bertz CT molecular complexity index is 961. The predicted octanol–water partition coefficient (Wildman–Crippen LogP) is 4.54. The summed E-state index contributed by atoms with van der Waals surface area (Å²) in [6.45, 7) is 7.65. The number of hydrogen-bond acceptors (Lipinski definition) is 3. The second kappa shape index (κ2) is 7.22. The number of carbonyl (C=O) groups is 1. The lowest BCUT2D eigenvalue weighted by Gasteiger charge is -2.33. The third-order valence-electron chi connectivity index (χ3n) is 5.61. The van der Waals surface area contributed by atoms with Gasteiger partial charge in [-0.05, 0) is 38.0 Å². The molecule has 1 aromatic carbocycles. The molecule has 0 saturated carbocycles. The normalized spacial score (nSPS) is 15.6. The van der Waals surface area contributed by atoms with E-state index < -0.39 is 0 Å². The molecular formula is C22H27N3O2. The number of aryl methyl sites for hydroxylation is 3. The van der Waals surface area contributed by atoms with Crippen molar-refractivity contribution in [2.45, 2.75) is 52.5 Å². The molecule has 0 radical (unpaired) electrons. The van der Waals surface area contributed by atoms with Crippen molar-refractivity contribution < 1.29 is 9.21 Å². The number of para-hydroxylation sites is 2. The quantitative estimate of drug-likeness (QED) is 0.682. The van der Waals surface area contributed by atoms with E-state index >= 15 is 0 Å². The van der Waals surface area contributed by atoms with Gasteiger partial charge in [-0.1, -0.05) is 26.0 Å². The van der Waals surface area contributed by atoms with Gasteiger partial charge in [0.1, 0.15) is 11.6 Å². The Hall–Kier alpha value is -2.56. The molecular weight excluding hydrogens is 338 g/mol. The highest BCUT2D eigenvalue weighted by Crippen LogP contribution is 2.30. The van der Waals surface area contributed by atoms with Crippen molar-refractivity contribution in [3.8, 4) is 0 Å². The summed E-state index contributed by atoms with van der Waals surface area (Å²) in [5, 5.41) is 0. The molecule has 0 aliphatic carbocycles. The number of fused-ring (bicyclic) bond motifs is 1. The number of rotatable bonds is 4. The van der Waals surface area contributed by atoms with Gasteiger partial charge in [-0.3, -0.25) is 4.79 Å². The van der Waals surface area contributed by atoms with Crippen LogP contribution in [0.5, 0.6) is 0 Å². The van der Waals surface area contributed by atoms with Gasteiger partial charge in [0.2, 0.25) is 0 Å². The lowest BCUT2D eigenvalue weighted by atomic mass is 10.0. The Kier molecular flexibility index (Phi) is 4.77. The molecule has 4 rings (SSSR count).